The van der Waals surface area contributed by atoms with E-state index in [1.54, 1.807) is 6.92 Å². The molecule has 2 N–H and O–H groups in total. The van der Waals surface area contributed by atoms with Gasteiger partial charge in [-0.1, -0.05) is 18.2 Å². The molecule has 2 aromatic rings. The smallest absolute Gasteiger partial charge is 0.374 e. The summed E-state index contributed by atoms with van der Waals surface area (Å²) in [6.45, 7) is 3.11. The van der Waals surface area contributed by atoms with Gasteiger partial charge in [-0.25, -0.2) is 13.2 Å². The standard InChI is InChI=1S/C21H27N3O6S/c1-2-29-21(26)18-11-12-19(30-18)31(27,28)24-15-6-10-17(24)20(25)23-14-7-13-22-16-8-4-3-5-9-16/h3-5,8-9,11-12,17,22H,2,6-7,10,13-15H2,1H3,(H,23,25). The van der Waals surface area contributed by atoms with Crippen LogP contribution < -0.4 is 10.6 Å². The Kier molecular flexibility index (Phi) is 7.69. The summed E-state index contributed by atoms with van der Waals surface area (Å²) in [6, 6.07) is 11.4. The molecular weight excluding hydrogens is 422 g/mol. The summed E-state index contributed by atoms with van der Waals surface area (Å²) in [6.07, 6.45) is 1.69. The monoisotopic (exact) mass is 449 g/mol. The third-order valence-corrected chi connectivity index (χ3v) is 6.67. The zero-order valence-corrected chi connectivity index (χ0v) is 18.2. The van der Waals surface area contributed by atoms with Crippen LogP contribution in [0.4, 0.5) is 5.69 Å². The quantitative estimate of drug-likeness (QED) is 0.422. The molecule has 1 aromatic heterocycles. The molecule has 0 radical (unpaired) electrons. The van der Waals surface area contributed by atoms with Crippen LogP contribution in [0, 0.1) is 0 Å². The van der Waals surface area contributed by atoms with E-state index in [0.717, 1.165) is 9.99 Å². The largest absolute Gasteiger partial charge is 0.460 e. The zero-order chi connectivity index (χ0) is 22.3. The number of furan rings is 1. The van der Waals surface area contributed by atoms with Crippen molar-refractivity contribution in [1.82, 2.24) is 9.62 Å². The molecule has 0 saturated carbocycles. The Morgan fingerprint density at radius 1 is 1.16 bits per heavy atom. The van der Waals surface area contributed by atoms with Gasteiger partial charge < -0.3 is 19.8 Å². The number of nitrogens with one attached hydrogen (secondary N) is 2. The molecule has 168 valence electrons. The maximum atomic E-state index is 13.0. The highest BCUT2D eigenvalue weighted by molar-refractivity contribution is 7.89. The fourth-order valence-electron chi connectivity index (χ4n) is 3.38. The molecule has 2 heterocycles. The van der Waals surface area contributed by atoms with Gasteiger partial charge in [0.25, 0.3) is 10.0 Å². The van der Waals surface area contributed by atoms with Gasteiger partial charge in [0.1, 0.15) is 6.04 Å². The van der Waals surface area contributed by atoms with Gasteiger partial charge in [-0.3, -0.25) is 4.79 Å². The van der Waals surface area contributed by atoms with E-state index in [1.807, 2.05) is 30.3 Å². The number of hydrogen-bond donors (Lipinski definition) is 2. The summed E-state index contributed by atoms with van der Waals surface area (Å²) < 4.78 is 37.1. The number of benzene rings is 1. The average molecular weight is 450 g/mol. The molecule has 10 heteroatoms. The van der Waals surface area contributed by atoms with Gasteiger partial charge in [0.2, 0.25) is 16.8 Å². The second kappa shape index (κ2) is 10.5. The van der Waals surface area contributed by atoms with E-state index in [1.165, 1.54) is 12.1 Å². The fourth-order valence-corrected chi connectivity index (χ4v) is 4.95. The molecule has 1 saturated heterocycles. The van der Waals surface area contributed by atoms with Gasteiger partial charge in [-0.2, -0.15) is 4.31 Å². The second-order valence-electron chi connectivity index (χ2n) is 7.05. The summed E-state index contributed by atoms with van der Waals surface area (Å²) in [5, 5.41) is 5.70. The number of carbonyl (C=O) groups is 2. The number of esters is 1. The fraction of sp³-hybridized carbons (Fsp3) is 0.429. The van der Waals surface area contributed by atoms with Gasteiger partial charge in [0.05, 0.1) is 6.61 Å². The van der Waals surface area contributed by atoms with Gasteiger partial charge >= 0.3 is 5.97 Å². The molecule has 0 spiro atoms. The van der Waals surface area contributed by atoms with E-state index in [0.29, 0.717) is 32.4 Å². The number of nitrogens with zero attached hydrogens (tertiary/aromatic N) is 1. The van der Waals surface area contributed by atoms with Crippen LogP contribution >= 0.6 is 0 Å². The van der Waals surface area contributed by atoms with Crippen LogP contribution in [0.1, 0.15) is 36.7 Å². The molecular formula is C21H27N3O6S. The first-order chi connectivity index (χ1) is 14.9. The summed E-state index contributed by atoms with van der Waals surface area (Å²) in [4.78, 5) is 24.4. The van der Waals surface area contributed by atoms with Crippen LogP contribution in [0.15, 0.2) is 52.0 Å². The molecule has 1 amide bonds. The number of rotatable bonds is 10. The Morgan fingerprint density at radius 3 is 2.68 bits per heavy atom. The molecule has 3 rings (SSSR count). The molecule has 1 unspecified atom stereocenters. The summed E-state index contributed by atoms with van der Waals surface area (Å²) in [5.41, 5.74) is 1.00. The zero-order valence-electron chi connectivity index (χ0n) is 17.4. The first-order valence-electron chi connectivity index (χ1n) is 10.3. The number of hydrogen-bond acceptors (Lipinski definition) is 7. The van der Waals surface area contributed by atoms with E-state index in [2.05, 4.69) is 10.6 Å². The number of sulfonamides is 1. The van der Waals surface area contributed by atoms with Gasteiger partial charge in [-0.05, 0) is 50.5 Å². The normalized spacial score (nSPS) is 16.7. The van der Waals surface area contributed by atoms with E-state index >= 15 is 0 Å². The van der Waals surface area contributed by atoms with Crippen molar-refractivity contribution in [3.63, 3.8) is 0 Å². The Hall–Kier alpha value is -2.85. The van der Waals surface area contributed by atoms with Crippen LogP contribution in [0.2, 0.25) is 0 Å². The van der Waals surface area contributed by atoms with E-state index < -0.39 is 22.0 Å². The Balaban J connectivity index is 1.54. The topological polar surface area (TPSA) is 118 Å². The lowest BCUT2D eigenvalue weighted by Gasteiger charge is -2.22. The van der Waals surface area contributed by atoms with Gasteiger partial charge in [-0.15, -0.1) is 0 Å². The van der Waals surface area contributed by atoms with Crippen molar-refractivity contribution >= 4 is 27.6 Å². The van der Waals surface area contributed by atoms with Crippen molar-refractivity contribution in [2.75, 3.05) is 31.6 Å². The lowest BCUT2D eigenvalue weighted by molar-refractivity contribution is -0.124. The average Bonchev–Trinajstić information content (AvgIpc) is 3.45. The number of para-hydroxylation sites is 1. The van der Waals surface area contributed by atoms with Crippen LogP contribution in [0.5, 0.6) is 0 Å². The van der Waals surface area contributed by atoms with Crippen molar-refractivity contribution in [2.45, 2.75) is 37.3 Å². The lowest BCUT2D eigenvalue weighted by Crippen LogP contribution is -2.46. The molecule has 31 heavy (non-hydrogen) atoms. The van der Waals surface area contributed by atoms with Gasteiger partial charge in [0, 0.05) is 25.3 Å². The highest BCUT2D eigenvalue weighted by Gasteiger charge is 2.41. The predicted molar refractivity (Wildman–Crippen MR) is 114 cm³/mol. The maximum Gasteiger partial charge on any atom is 0.374 e. The molecule has 0 bridgehead atoms. The molecule has 1 aromatic carbocycles. The maximum absolute atomic E-state index is 13.0. The summed E-state index contributed by atoms with van der Waals surface area (Å²) >= 11 is 0. The minimum atomic E-state index is -4.05. The summed E-state index contributed by atoms with van der Waals surface area (Å²) in [5.74, 6) is -1.26. The van der Waals surface area contributed by atoms with Crippen molar-refractivity contribution in [2.24, 2.45) is 0 Å². The number of carbonyl (C=O) groups excluding carboxylic acids is 2. The molecule has 1 fully saturated rings. The highest BCUT2D eigenvalue weighted by Crippen LogP contribution is 2.27. The first kappa shape index (κ1) is 22.8. The van der Waals surface area contributed by atoms with E-state index in [9.17, 15) is 18.0 Å². The molecule has 0 aliphatic carbocycles. The molecule has 1 aliphatic rings. The van der Waals surface area contributed by atoms with Crippen LogP contribution in [0.25, 0.3) is 0 Å². The van der Waals surface area contributed by atoms with Crippen molar-refractivity contribution in [3.05, 3.63) is 48.2 Å². The minimum absolute atomic E-state index is 0.150. The summed E-state index contributed by atoms with van der Waals surface area (Å²) in [7, 11) is -4.05. The third-order valence-electron chi connectivity index (χ3n) is 4.88. The third kappa shape index (κ3) is 5.65. The first-order valence-corrected chi connectivity index (χ1v) is 11.7. The highest BCUT2D eigenvalue weighted by atomic mass is 32.2. The Bertz CT molecular complexity index is 990. The number of anilines is 1. The minimum Gasteiger partial charge on any atom is -0.460 e. The molecule has 9 nitrogen and oxygen atoms in total. The van der Waals surface area contributed by atoms with Crippen molar-refractivity contribution in [3.8, 4) is 0 Å². The van der Waals surface area contributed by atoms with E-state index in [4.69, 9.17) is 9.15 Å². The lowest BCUT2D eigenvalue weighted by atomic mass is 10.2. The predicted octanol–water partition coefficient (Wildman–Crippen LogP) is 2.23. The Labute approximate surface area is 181 Å². The van der Waals surface area contributed by atoms with Crippen LogP contribution in [0.3, 0.4) is 0 Å². The van der Waals surface area contributed by atoms with Crippen molar-refractivity contribution in [1.29, 1.82) is 0 Å². The SMILES string of the molecule is CCOC(=O)c1ccc(S(=O)(=O)N2CCCC2C(=O)NCCCNc2ccccc2)o1. The van der Waals surface area contributed by atoms with Crippen LogP contribution in [-0.4, -0.2) is 56.9 Å². The van der Waals surface area contributed by atoms with E-state index in [-0.39, 0.29) is 29.9 Å². The second-order valence-corrected chi connectivity index (χ2v) is 8.87. The van der Waals surface area contributed by atoms with Gasteiger partial charge in [0.15, 0.2) is 0 Å². The van der Waals surface area contributed by atoms with Crippen LogP contribution in [-0.2, 0) is 19.6 Å². The Morgan fingerprint density at radius 2 is 1.94 bits per heavy atom. The number of ether oxygens (including phenoxy) is 1. The number of amides is 1. The molecule has 1 atom stereocenters. The van der Waals surface area contributed by atoms with Crippen molar-refractivity contribution < 1.29 is 27.2 Å². The molecule has 1 aliphatic heterocycles.